The van der Waals surface area contributed by atoms with Crippen LogP contribution in [0.3, 0.4) is 0 Å². The molecule has 10 rings (SSSR count). The summed E-state index contributed by atoms with van der Waals surface area (Å²) in [6.45, 7) is 0. The number of benzene rings is 8. The van der Waals surface area contributed by atoms with Gasteiger partial charge in [0.2, 0.25) is 0 Å². The maximum absolute atomic E-state index is 5.13. The standard InChI is InChI=1S/C49H32N4/c1-2-12-33(13-3-1)37-16-10-18-40(31-37)48-50-47(35-26-28-42(29-27-35)53-45-22-8-6-20-43(45)44-21-7-9-23-46(44)53)51-49(52-48)41-19-11-17-38(32-41)39-25-24-34-14-4-5-15-36(34)30-39/h1-32H. The predicted molar refractivity (Wildman–Crippen MR) is 219 cm³/mol. The van der Waals surface area contributed by atoms with E-state index >= 15 is 0 Å². The van der Waals surface area contributed by atoms with Gasteiger partial charge in [-0.25, -0.2) is 15.0 Å². The first-order chi connectivity index (χ1) is 26.2. The van der Waals surface area contributed by atoms with Gasteiger partial charge in [-0.2, -0.15) is 0 Å². The monoisotopic (exact) mass is 676 g/mol. The first-order valence-electron chi connectivity index (χ1n) is 17.9. The zero-order valence-electron chi connectivity index (χ0n) is 28.8. The molecule has 4 heteroatoms. The molecular formula is C49H32N4. The molecule has 0 N–H and O–H groups in total. The van der Waals surface area contributed by atoms with Crippen LogP contribution in [0, 0.1) is 0 Å². The van der Waals surface area contributed by atoms with Crippen molar-refractivity contribution >= 4 is 32.6 Å². The first-order valence-corrected chi connectivity index (χ1v) is 17.9. The summed E-state index contributed by atoms with van der Waals surface area (Å²) in [5.41, 5.74) is 10.7. The Balaban J connectivity index is 1.10. The summed E-state index contributed by atoms with van der Waals surface area (Å²) < 4.78 is 2.33. The minimum absolute atomic E-state index is 0.625. The molecule has 0 saturated heterocycles. The molecule has 2 heterocycles. The maximum Gasteiger partial charge on any atom is 0.164 e. The predicted octanol–water partition coefficient (Wildman–Crippen LogP) is 12.5. The number of hydrogen-bond donors (Lipinski definition) is 0. The summed E-state index contributed by atoms with van der Waals surface area (Å²) >= 11 is 0. The minimum Gasteiger partial charge on any atom is -0.309 e. The van der Waals surface area contributed by atoms with Gasteiger partial charge in [-0.15, -0.1) is 0 Å². The van der Waals surface area contributed by atoms with Gasteiger partial charge in [-0.05, 0) is 87.6 Å². The highest BCUT2D eigenvalue weighted by Gasteiger charge is 2.16. The summed E-state index contributed by atoms with van der Waals surface area (Å²) in [7, 11) is 0. The molecule has 4 nitrogen and oxygen atoms in total. The molecule has 248 valence electrons. The minimum atomic E-state index is 0.625. The Hall–Kier alpha value is -7.17. The van der Waals surface area contributed by atoms with Crippen LogP contribution in [0.1, 0.15) is 0 Å². The van der Waals surface area contributed by atoms with Crippen molar-refractivity contribution in [3.8, 4) is 62.1 Å². The molecule has 0 bridgehead atoms. The molecule has 0 aliphatic heterocycles. The Kier molecular flexibility index (Phi) is 7.43. The van der Waals surface area contributed by atoms with E-state index < -0.39 is 0 Å². The van der Waals surface area contributed by atoms with E-state index in [0.717, 1.165) is 44.6 Å². The van der Waals surface area contributed by atoms with Gasteiger partial charge in [0.1, 0.15) is 0 Å². The molecule has 0 aliphatic carbocycles. The van der Waals surface area contributed by atoms with E-state index in [0.29, 0.717) is 17.5 Å². The van der Waals surface area contributed by atoms with Crippen molar-refractivity contribution in [1.82, 2.24) is 19.5 Å². The molecule has 0 spiro atoms. The van der Waals surface area contributed by atoms with Crippen LogP contribution in [-0.2, 0) is 0 Å². The first kappa shape index (κ1) is 30.6. The molecule has 0 saturated carbocycles. The summed E-state index contributed by atoms with van der Waals surface area (Å²) in [5, 5.41) is 4.91. The Bertz CT molecular complexity index is 2890. The lowest BCUT2D eigenvalue weighted by molar-refractivity contribution is 1.07. The molecule has 0 unspecified atom stereocenters. The summed E-state index contributed by atoms with van der Waals surface area (Å²) in [5.74, 6) is 1.88. The van der Waals surface area contributed by atoms with E-state index in [-0.39, 0.29) is 0 Å². The SMILES string of the molecule is c1ccc(-c2cccc(-c3nc(-c4ccc(-n5c6ccccc6c6ccccc65)cc4)nc(-c4cccc(-c5ccc6ccccc6c5)c4)n3)c2)cc1. The van der Waals surface area contributed by atoms with Crippen LogP contribution >= 0.6 is 0 Å². The Morgan fingerprint density at radius 3 is 1.38 bits per heavy atom. The second-order valence-corrected chi connectivity index (χ2v) is 13.3. The van der Waals surface area contributed by atoms with Crippen molar-refractivity contribution in [2.45, 2.75) is 0 Å². The third-order valence-corrected chi connectivity index (χ3v) is 10.0. The molecule has 0 aliphatic rings. The lowest BCUT2D eigenvalue weighted by Crippen LogP contribution is -2.01. The van der Waals surface area contributed by atoms with Crippen LogP contribution in [-0.4, -0.2) is 19.5 Å². The second-order valence-electron chi connectivity index (χ2n) is 13.3. The highest BCUT2D eigenvalue weighted by Crippen LogP contribution is 2.34. The Labute approximate surface area is 307 Å². The fraction of sp³-hybridized carbons (Fsp3) is 0. The number of para-hydroxylation sites is 2. The number of rotatable bonds is 6. The number of aromatic nitrogens is 4. The second kappa shape index (κ2) is 12.9. The van der Waals surface area contributed by atoms with Gasteiger partial charge < -0.3 is 4.57 Å². The average Bonchev–Trinajstić information content (AvgIpc) is 3.58. The van der Waals surface area contributed by atoms with Gasteiger partial charge in [0.25, 0.3) is 0 Å². The van der Waals surface area contributed by atoms with Gasteiger partial charge in [0.05, 0.1) is 11.0 Å². The van der Waals surface area contributed by atoms with Gasteiger partial charge >= 0.3 is 0 Å². The fourth-order valence-corrected chi connectivity index (χ4v) is 7.40. The highest BCUT2D eigenvalue weighted by molar-refractivity contribution is 6.09. The lowest BCUT2D eigenvalue weighted by Gasteiger charge is -2.12. The normalized spacial score (nSPS) is 11.4. The van der Waals surface area contributed by atoms with Crippen LogP contribution < -0.4 is 0 Å². The van der Waals surface area contributed by atoms with Gasteiger partial charge in [0, 0.05) is 33.2 Å². The van der Waals surface area contributed by atoms with Crippen LogP contribution in [0.4, 0.5) is 0 Å². The van der Waals surface area contributed by atoms with Crippen LogP contribution in [0.5, 0.6) is 0 Å². The third-order valence-electron chi connectivity index (χ3n) is 10.0. The van der Waals surface area contributed by atoms with Crippen molar-refractivity contribution < 1.29 is 0 Å². The zero-order valence-corrected chi connectivity index (χ0v) is 28.8. The highest BCUT2D eigenvalue weighted by atomic mass is 15.0. The summed E-state index contributed by atoms with van der Waals surface area (Å²) in [6.07, 6.45) is 0. The fourth-order valence-electron chi connectivity index (χ4n) is 7.40. The molecule has 0 radical (unpaired) electrons. The average molecular weight is 677 g/mol. The van der Waals surface area contributed by atoms with Crippen molar-refractivity contribution in [3.05, 3.63) is 194 Å². The quantitative estimate of drug-likeness (QED) is 0.176. The summed E-state index contributed by atoms with van der Waals surface area (Å²) in [6, 6.07) is 68.1. The van der Waals surface area contributed by atoms with Crippen molar-refractivity contribution in [1.29, 1.82) is 0 Å². The van der Waals surface area contributed by atoms with Crippen molar-refractivity contribution in [2.75, 3.05) is 0 Å². The van der Waals surface area contributed by atoms with E-state index in [1.165, 1.54) is 32.6 Å². The van der Waals surface area contributed by atoms with E-state index in [1.54, 1.807) is 0 Å². The van der Waals surface area contributed by atoms with Gasteiger partial charge in [-0.1, -0.05) is 140 Å². The molecular weight excluding hydrogens is 645 g/mol. The molecule has 0 amide bonds. The molecule has 10 aromatic rings. The van der Waals surface area contributed by atoms with E-state index in [1.807, 2.05) is 6.07 Å². The van der Waals surface area contributed by atoms with Gasteiger partial charge in [-0.3, -0.25) is 0 Å². The molecule has 53 heavy (non-hydrogen) atoms. The molecule has 8 aromatic carbocycles. The van der Waals surface area contributed by atoms with E-state index in [9.17, 15) is 0 Å². The Morgan fingerprint density at radius 2 is 0.736 bits per heavy atom. The summed E-state index contributed by atoms with van der Waals surface area (Å²) in [4.78, 5) is 15.4. The van der Waals surface area contributed by atoms with Crippen LogP contribution in [0.2, 0.25) is 0 Å². The molecule has 0 atom stereocenters. The zero-order chi connectivity index (χ0) is 35.1. The smallest absolute Gasteiger partial charge is 0.164 e. The van der Waals surface area contributed by atoms with Gasteiger partial charge in [0.15, 0.2) is 17.5 Å². The Morgan fingerprint density at radius 1 is 0.283 bits per heavy atom. The lowest BCUT2D eigenvalue weighted by atomic mass is 9.99. The molecule has 0 fully saturated rings. The third kappa shape index (κ3) is 5.63. The number of hydrogen-bond acceptors (Lipinski definition) is 3. The topological polar surface area (TPSA) is 43.6 Å². The van der Waals surface area contributed by atoms with E-state index in [4.69, 9.17) is 15.0 Å². The van der Waals surface area contributed by atoms with Crippen molar-refractivity contribution in [2.24, 2.45) is 0 Å². The maximum atomic E-state index is 5.13. The number of nitrogens with zero attached hydrogens (tertiary/aromatic N) is 4. The number of fused-ring (bicyclic) bond motifs is 4. The van der Waals surface area contributed by atoms with E-state index in [2.05, 4.69) is 193 Å². The van der Waals surface area contributed by atoms with Crippen LogP contribution in [0.25, 0.3) is 94.7 Å². The largest absolute Gasteiger partial charge is 0.309 e. The van der Waals surface area contributed by atoms with Crippen molar-refractivity contribution in [3.63, 3.8) is 0 Å². The molecule has 2 aromatic heterocycles. The van der Waals surface area contributed by atoms with Crippen LogP contribution in [0.15, 0.2) is 194 Å².